The van der Waals surface area contributed by atoms with Gasteiger partial charge in [0, 0.05) is 19.4 Å². The van der Waals surface area contributed by atoms with Crippen LogP contribution >= 0.6 is 0 Å². The minimum absolute atomic E-state index is 0.0845. The molecule has 7 nitrogen and oxygen atoms in total. The molecule has 4 rings (SSSR count). The molecule has 2 aliphatic rings. The highest BCUT2D eigenvalue weighted by Crippen LogP contribution is 2.47. The van der Waals surface area contributed by atoms with Gasteiger partial charge >= 0.3 is 6.18 Å². The van der Waals surface area contributed by atoms with Crippen LogP contribution in [0.4, 0.5) is 27.6 Å². The third-order valence-electron chi connectivity index (χ3n) is 5.19. The van der Waals surface area contributed by atoms with Crippen molar-refractivity contribution >= 4 is 17.5 Å². The van der Waals surface area contributed by atoms with Crippen molar-refractivity contribution in [3.63, 3.8) is 0 Å². The van der Waals surface area contributed by atoms with E-state index < -0.39 is 60.1 Å². The summed E-state index contributed by atoms with van der Waals surface area (Å²) in [7, 11) is 1.29. The normalized spacial score (nSPS) is 26.9. The average Bonchev–Trinajstić information content (AvgIpc) is 3.23. The number of carbonyl (C=O) groups excluding carboxylic acids is 2. The molecule has 2 aromatic heterocycles. The number of alkyl halides is 5. The van der Waals surface area contributed by atoms with Gasteiger partial charge < -0.3 is 14.4 Å². The monoisotopic (exact) mass is 415 g/mol. The molecule has 2 aromatic rings. The molecule has 0 radical (unpaired) electrons. The molecule has 2 aliphatic heterocycles. The molecule has 154 valence electrons. The fourth-order valence-corrected chi connectivity index (χ4v) is 3.79. The Morgan fingerprint density at radius 2 is 1.76 bits per heavy atom. The van der Waals surface area contributed by atoms with Crippen molar-refractivity contribution in [2.45, 2.75) is 17.5 Å². The van der Waals surface area contributed by atoms with Crippen LogP contribution < -0.4 is 4.90 Å². The smallest absolute Gasteiger partial charge is 0.356 e. The zero-order valence-corrected chi connectivity index (χ0v) is 15.0. The van der Waals surface area contributed by atoms with Crippen LogP contribution in [-0.2, 0) is 18.0 Å². The fourth-order valence-electron chi connectivity index (χ4n) is 3.79. The van der Waals surface area contributed by atoms with Crippen LogP contribution in [0.1, 0.15) is 15.9 Å². The number of fused-ring (bicyclic) bond motifs is 1. The van der Waals surface area contributed by atoms with Gasteiger partial charge in [0.2, 0.25) is 5.67 Å². The van der Waals surface area contributed by atoms with E-state index in [1.165, 1.54) is 25.8 Å². The minimum Gasteiger partial charge on any atom is -0.356 e. The van der Waals surface area contributed by atoms with Crippen LogP contribution in [0.25, 0.3) is 0 Å². The maximum absolute atomic E-state index is 15.4. The van der Waals surface area contributed by atoms with Crippen LogP contribution in [0.3, 0.4) is 0 Å². The average molecular weight is 415 g/mol. The molecule has 0 spiro atoms. The highest BCUT2D eigenvalue weighted by atomic mass is 19.4. The zero-order chi connectivity index (χ0) is 21.2. The first-order valence-corrected chi connectivity index (χ1v) is 8.43. The Morgan fingerprint density at radius 1 is 1.10 bits per heavy atom. The Labute approximate surface area is 160 Å². The summed E-state index contributed by atoms with van der Waals surface area (Å²) in [5.74, 6) is -2.42. The van der Waals surface area contributed by atoms with Gasteiger partial charge in [0.25, 0.3) is 11.8 Å². The molecular weight excluding hydrogens is 401 g/mol. The Morgan fingerprint density at radius 3 is 2.34 bits per heavy atom. The van der Waals surface area contributed by atoms with Crippen LogP contribution in [-0.4, -0.2) is 62.2 Å². The molecule has 0 N–H and O–H groups in total. The number of hydrogen-bond donors (Lipinski definition) is 0. The van der Waals surface area contributed by atoms with Crippen LogP contribution in [0.15, 0.2) is 31.1 Å². The molecule has 12 heteroatoms. The molecule has 2 saturated heterocycles. The molecule has 0 aliphatic carbocycles. The lowest BCUT2D eigenvalue weighted by Gasteiger charge is -2.22. The number of likely N-dealkylation sites (tertiary alicyclic amines) is 1. The minimum atomic E-state index is -4.82. The predicted molar refractivity (Wildman–Crippen MR) is 88.4 cm³/mol. The summed E-state index contributed by atoms with van der Waals surface area (Å²) in [6.45, 7) is -2.55. The predicted octanol–water partition coefficient (Wildman–Crippen LogP) is 1.75. The summed E-state index contributed by atoms with van der Waals surface area (Å²) in [5.41, 5.74) is -7.71. The quantitative estimate of drug-likeness (QED) is 0.701. The van der Waals surface area contributed by atoms with E-state index in [2.05, 4.69) is 9.97 Å². The van der Waals surface area contributed by atoms with E-state index in [1.54, 1.807) is 0 Å². The molecule has 0 saturated carbocycles. The van der Waals surface area contributed by atoms with Gasteiger partial charge in [0.1, 0.15) is 6.33 Å². The summed E-state index contributed by atoms with van der Waals surface area (Å²) in [4.78, 5) is 34.1. The lowest BCUT2D eigenvalue weighted by molar-refractivity contribution is -0.138. The molecule has 2 amide bonds. The van der Waals surface area contributed by atoms with Gasteiger partial charge in [-0.15, -0.1) is 0 Å². The number of halogens is 5. The number of nitrogens with zero attached hydrogens (tertiary/aromatic N) is 5. The fraction of sp³-hybridized carbons (Fsp3) is 0.412. The van der Waals surface area contributed by atoms with Gasteiger partial charge in [-0.1, -0.05) is 0 Å². The Hall–Kier alpha value is -3.05. The summed E-state index contributed by atoms with van der Waals surface area (Å²) in [6, 6.07) is 0. The highest BCUT2D eigenvalue weighted by molar-refractivity contribution is 6.05. The van der Waals surface area contributed by atoms with Gasteiger partial charge in [0.15, 0.2) is 5.67 Å². The molecule has 0 bridgehead atoms. The Bertz CT molecular complexity index is 994. The van der Waals surface area contributed by atoms with Gasteiger partial charge in [-0.05, 0) is 0 Å². The molecule has 2 fully saturated rings. The van der Waals surface area contributed by atoms with Gasteiger partial charge in [0.05, 0.1) is 48.8 Å². The van der Waals surface area contributed by atoms with Crippen molar-refractivity contribution in [3.05, 3.63) is 42.2 Å². The van der Waals surface area contributed by atoms with Crippen LogP contribution in [0.5, 0.6) is 0 Å². The summed E-state index contributed by atoms with van der Waals surface area (Å²) >= 11 is 0. The lowest BCUT2D eigenvalue weighted by Crippen LogP contribution is -2.47. The molecule has 0 aromatic carbocycles. The number of rotatable bonds is 2. The Balaban J connectivity index is 1.63. The van der Waals surface area contributed by atoms with Gasteiger partial charge in [-0.3, -0.25) is 9.59 Å². The van der Waals surface area contributed by atoms with Crippen LogP contribution in [0, 0.1) is 0 Å². The van der Waals surface area contributed by atoms with E-state index >= 15 is 8.78 Å². The first-order chi connectivity index (χ1) is 13.5. The zero-order valence-electron chi connectivity index (χ0n) is 15.0. The number of amides is 2. The van der Waals surface area contributed by atoms with E-state index in [1.807, 2.05) is 0 Å². The number of carbonyl (C=O) groups is 2. The van der Waals surface area contributed by atoms with E-state index in [0.717, 1.165) is 15.7 Å². The molecule has 29 heavy (non-hydrogen) atoms. The number of anilines is 1. The summed E-state index contributed by atoms with van der Waals surface area (Å²) < 4.78 is 71.5. The van der Waals surface area contributed by atoms with Crippen molar-refractivity contribution in [3.8, 4) is 0 Å². The third kappa shape index (κ3) is 2.76. The molecule has 0 unspecified atom stereocenters. The van der Waals surface area contributed by atoms with Crippen molar-refractivity contribution in [1.29, 1.82) is 0 Å². The number of aromatic nitrogens is 3. The number of aryl methyl sites for hydroxylation is 1. The van der Waals surface area contributed by atoms with E-state index in [4.69, 9.17) is 0 Å². The maximum Gasteiger partial charge on any atom is 0.418 e. The van der Waals surface area contributed by atoms with E-state index in [-0.39, 0.29) is 5.69 Å². The first-order valence-electron chi connectivity index (χ1n) is 8.43. The van der Waals surface area contributed by atoms with E-state index in [9.17, 15) is 22.8 Å². The second-order valence-electron chi connectivity index (χ2n) is 7.16. The number of hydrogen-bond acceptors (Lipinski definition) is 4. The van der Waals surface area contributed by atoms with E-state index in [0.29, 0.717) is 11.1 Å². The molecule has 2 atom stereocenters. The van der Waals surface area contributed by atoms with Gasteiger partial charge in [-0.25, -0.2) is 18.7 Å². The topological polar surface area (TPSA) is 71.3 Å². The van der Waals surface area contributed by atoms with Crippen molar-refractivity contribution < 1.29 is 31.5 Å². The molecular formula is C17H14F5N5O2. The second kappa shape index (κ2) is 5.97. The van der Waals surface area contributed by atoms with Crippen LogP contribution in [0.2, 0.25) is 0 Å². The van der Waals surface area contributed by atoms with Crippen molar-refractivity contribution in [2.24, 2.45) is 7.05 Å². The first kappa shape index (κ1) is 19.3. The SMILES string of the molecule is Cn1cc(C(=O)N2C[C@@]3(F)CN(c4cncnc4)C(=O)[C@@]3(F)C2)c(C(F)(F)F)c1. The largest absolute Gasteiger partial charge is 0.418 e. The highest BCUT2D eigenvalue weighted by Gasteiger charge is 2.72. The van der Waals surface area contributed by atoms with Gasteiger partial charge in [-0.2, -0.15) is 13.2 Å². The standard InChI is InChI=1S/C17H14F5N5O2/c1-25-4-11(12(5-25)17(20,21)22)13(28)26-6-15(18)7-27(10-2-23-9-24-3-10)14(29)16(15,19)8-26/h2-5,9H,6-8H2,1H3/t15-,16+/m1/s1. The Kier molecular flexibility index (Phi) is 3.97. The summed E-state index contributed by atoms with van der Waals surface area (Å²) in [5, 5.41) is 0. The maximum atomic E-state index is 15.4. The molecule has 4 heterocycles. The second-order valence-corrected chi connectivity index (χ2v) is 7.16. The van der Waals surface area contributed by atoms with Crippen molar-refractivity contribution in [2.75, 3.05) is 24.5 Å². The third-order valence-corrected chi connectivity index (χ3v) is 5.19. The van der Waals surface area contributed by atoms with Crippen molar-refractivity contribution in [1.82, 2.24) is 19.4 Å². The lowest BCUT2D eigenvalue weighted by atomic mass is 9.93. The summed E-state index contributed by atoms with van der Waals surface area (Å²) in [6.07, 6.45) is 0.429.